The van der Waals surface area contributed by atoms with Gasteiger partial charge in [-0.1, -0.05) is 12.1 Å². The summed E-state index contributed by atoms with van der Waals surface area (Å²) < 4.78 is 0. The zero-order valence-corrected chi connectivity index (χ0v) is 9.04. The Labute approximate surface area is 85.2 Å². The second-order valence-corrected chi connectivity index (χ2v) is 3.82. The summed E-state index contributed by atoms with van der Waals surface area (Å²) in [6.07, 6.45) is -0.136. The van der Waals surface area contributed by atoms with Crippen LogP contribution in [-0.4, -0.2) is 16.8 Å². The van der Waals surface area contributed by atoms with Crippen LogP contribution in [0.4, 0.5) is 0 Å². The molecule has 2 nitrogen and oxygen atoms in total. The van der Waals surface area contributed by atoms with Crippen molar-refractivity contribution in [1.29, 1.82) is 0 Å². The minimum absolute atomic E-state index is 0.0214. The summed E-state index contributed by atoms with van der Waals surface area (Å²) >= 11 is 0. The highest BCUT2D eigenvalue weighted by Crippen LogP contribution is 2.23. The van der Waals surface area contributed by atoms with Gasteiger partial charge in [0.05, 0.1) is 6.10 Å². The molecule has 1 aromatic rings. The lowest BCUT2D eigenvalue weighted by atomic mass is 9.96. The van der Waals surface area contributed by atoms with Gasteiger partial charge < -0.3 is 10.2 Å². The molecular weight excluding hydrogens is 176 g/mol. The van der Waals surface area contributed by atoms with Gasteiger partial charge in [0.1, 0.15) is 0 Å². The Morgan fingerprint density at radius 1 is 1.07 bits per heavy atom. The van der Waals surface area contributed by atoms with E-state index in [9.17, 15) is 5.11 Å². The average Bonchev–Trinajstić information content (AvgIpc) is 2.11. The highest BCUT2D eigenvalue weighted by molar-refractivity contribution is 5.37. The summed E-state index contributed by atoms with van der Waals surface area (Å²) in [5, 5.41) is 18.5. The first-order chi connectivity index (χ1) is 6.56. The molecule has 0 heterocycles. The van der Waals surface area contributed by atoms with Crippen molar-refractivity contribution in [3.8, 4) is 0 Å². The van der Waals surface area contributed by atoms with Gasteiger partial charge in [-0.25, -0.2) is 0 Å². The molecule has 2 heteroatoms. The lowest BCUT2D eigenvalue weighted by molar-refractivity contribution is 0.134. The molecular formula is C12H18O2. The highest BCUT2D eigenvalue weighted by Gasteiger charge is 2.10. The zero-order valence-electron chi connectivity index (χ0n) is 9.04. The van der Waals surface area contributed by atoms with Crippen molar-refractivity contribution in [2.75, 3.05) is 6.61 Å². The fraction of sp³-hybridized carbons (Fsp3) is 0.500. The van der Waals surface area contributed by atoms with Crippen LogP contribution in [0.25, 0.3) is 0 Å². The highest BCUT2D eigenvalue weighted by atomic mass is 16.3. The van der Waals surface area contributed by atoms with Crippen LogP contribution in [0.15, 0.2) is 12.1 Å². The van der Waals surface area contributed by atoms with Crippen molar-refractivity contribution in [3.05, 3.63) is 34.4 Å². The molecule has 2 N–H and O–H groups in total. The van der Waals surface area contributed by atoms with E-state index in [1.165, 1.54) is 11.1 Å². The van der Waals surface area contributed by atoms with Crippen LogP contribution in [0.1, 0.15) is 34.8 Å². The van der Waals surface area contributed by atoms with Gasteiger partial charge in [0.25, 0.3) is 0 Å². The van der Waals surface area contributed by atoms with Crippen LogP contribution < -0.4 is 0 Å². The molecule has 0 radical (unpaired) electrons. The van der Waals surface area contributed by atoms with Crippen LogP contribution in [0.5, 0.6) is 0 Å². The first kappa shape index (κ1) is 11.2. The van der Waals surface area contributed by atoms with E-state index in [0.717, 1.165) is 11.1 Å². The van der Waals surface area contributed by atoms with Crippen LogP contribution in [0, 0.1) is 20.8 Å². The van der Waals surface area contributed by atoms with Crippen LogP contribution in [0.3, 0.4) is 0 Å². The molecule has 0 aliphatic heterocycles. The van der Waals surface area contributed by atoms with Gasteiger partial charge in [0, 0.05) is 13.0 Å². The molecule has 0 aliphatic rings. The van der Waals surface area contributed by atoms with Crippen molar-refractivity contribution in [2.45, 2.75) is 33.3 Å². The van der Waals surface area contributed by atoms with Crippen LogP contribution in [-0.2, 0) is 0 Å². The number of benzene rings is 1. The maximum absolute atomic E-state index is 9.76. The maximum atomic E-state index is 9.76. The van der Waals surface area contributed by atoms with Crippen molar-refractivity contribution in [2.24, 2.45) is 0 Å². The Bertz CT molecular complexity index is 318. The average molecular weight is 194 g/mol. The van der Waals surface area contributed by atoms with E-state index >= 15 is 0 Å². The summed E-state index contributed by atoms with van der Waals surface area (Å²) in [4.78, 5) is 0. The SMILES string of the molecule is Cc1cc(C)c(C(O)CCO)cc1C. The van der Waals surface area contributed by atoms with Gasteiger partial charge in [0.15, 0.2) is 0 Å². The molecule has 78 valence electrons. The standard InChI is InChI=1S/C12H18O2/c1-8-6-10(3)11(7-9(8)2)12(14)4-5-13/h6-7,12-14H,4-5H2,1-3H3. The Morgan fingerprint density at radius 2 is 1.64 bits per heavy atom. The first-order valence-electron chi connectivity index (χ1n) is 4.93. The lowest BCUT2D eigenvalue weighted by Crippen LogP contribution is -2.03. The van der Waals surface area contributed by atoms with Crippen molar-refractivity contribution >= 4 is 0 Å². The number of aliphatic hydroxyl groups excluding tert-OH is 2. The Hall–Kier alpha value is -0.860. The van der Waals surface area contributed by atoms with Crippen LogP contribution >= 0.6 is 0 Å². The predicted octanol–water partition coefficient (Wildman–Crippen LogP) is 2.03. The number of aryl methyl sites for hydroxylation is 3. The number of hydrogen-bond donors (Lipinski definition) is 2. The molecule has 1 atom stereocenters. The van der Waals surface area contributed by atoms with E-state index < -0.39 is 6.10 Å². The third-order valence-electron chi connectivity index (χ3n) is 2.64. The van der Waals surface area contributed by atoms with E-state index in [2.05, 4.69) is 13.0 Å². The molecule has 0 amide bonds. The zero-order chi connectivity index (χ0) is 10.7. The van der Waals surface area contributed by atoms with Gasteiger partial charge in [-0.05, 0) is 43.0 Å². The molecule has 0 aromatic heterocycles. The second kappa shape index (κ2) is 4.58. The predicted molar refractivity (Wildman–Crippen MR) is 57.3 cm³/mol. The molecule has 1 aromatic carbocycles. The quantitative estimate of drug-likeness (QED) is 0.773. The molecule has 0 aliphatic carbocycles. The fourth-order valence-corrected chi connectivity index (χ4v) is 1.62. The smallest absolute Gasteiger partial charge is 0.0814 e. The van der Waals surface area contributed by atoms with E-state index in [0.29, 0.717) is 6.42 Å². The fourth-order valence-electron chi connectivity index (χ4n) is 1.62. The minimum Gasteiger partial charge on any atom is -0.396 e. The van der Waals surface area contributed by atoms with Gasteiger partial charge in [-0.15, -0.1) is 0 Å². The third kappa shape index (κ3) is 2.34. The lowest BCUT2D eigenvalue weighted by Gasteiger charge is -2.14. The molecule has 1 unspecified atom stereocenters. The molecule has 0 saturated carbocycles. The van der Waals surface area contributed by atoms with E-state index in [1.54, 1.807) is 0 Å². The topological polar surface area (TPSA) is 40.5 Å². The van der Waals surface area contributed by atoms with Gasteiger partial charge in [-0.2, -0.15) is 0 Å². The Balaban J connectivity index is 3.02. The van der Waals surface area contributed by atoms with Crippen molar-refractivity contribution in [1.82, 2.24) is 0 Å². The van der Waals surface area contributed by atoms with E-state index in [-0.39, 0.29) is 6.61 Å². The summed E-state index contributed by atoms with van der Waals surface area (Å²) in [7, 11) is 0. The van der Waals surface area contributed by atoms with E-state index in [1.807, 2.05) is 19.9 Å². The van der Waals surface area contributed by atoms with E-state index in [4.69, 9.17) is 5.11 Å². The normalized spacial score (nSPS) is 12.9. The van der Waals surface area contributed by atoms with Gasteiger partial charge in [0.2, 0.25) is 0 Å². The number of hydrogen-bond acceptors (Lipinski definition) is 2. The summed E-state index contributed by atoms with van der Waals surface area (Å²) in [6, 6.07) is 4.08. The van der Waals surface area contributed by atoms with Gasteiger partial charge >= 0.3 is 0 Å². The minimum atomic E-state index is -0.542. The van der Waals surface area contributed by atoms with Crippen LogP contribution in [0.2, 0.25) is 0 Å². The number of rotatable bonds is 3. The molecule has 14 heavy (non-hydrogen) atoms. The van der Waals surface area contributed by atoms with Crippen molar-refractivity contribution in [3.63, 3.8) is 0 Å². The molecule has 0 bridgehead atoms. The maximum Gasteiger partial charge on any atom is 0.0814 e. The van der Waals surface area contributed by atoms with Gasteiger partial charge in [-0.3, -0.25) is 0 Å². The summed E-state index contributed by atoms with van der Waals surface area (Å²) in [5.41, 5.74) is 4.45. The molecule has 0 saturated heterocycles. The largest absolute Gasteiger partial charge is 0.396 e. The van der Waals surface area contributed by atoms with Crippen molar-refractivity contribution < 1.29 is 10.2 Å². The first-order valence-corrected chi connectivity index (χ1v) is 4.93. The number of aliphatic hydroxyl groups is 2. The molecule has 0 fully saturated rings. The molecule has 0 spiro atoms. The second-order valence-electron chi connectivity index (χ2n) is 3.82. The molecule has 1 rings (SSSR count). The Kier molecular flexibility index (Phi) is 3.67. The summed E-state index contributed by atoms with van der Waals surface area (Å²) in [5.74, 6) is 0. The third-order valence-corrected chi connectivity index (χ3v) is 2.64. The monoisotopic (exact) mass is 194 g/mol. The summed E-state index contributed by atoms with van der Waals surface area (Å²) in [6.45, 7) is 6.10. The Morgan fingerprint density at radius 3 is 2.21 bits per heavy atom.